The van der Waals surface area contributed by atoms with Crippen LogP contribution in [0.15, 0.2) is 36.4 Å². The van der Waals surface area contributed by atoms with Crippen LogP contribution in [0, 0.1) is 0 Å². The van der Waals surface area contributed by atoms with Crippen LogP contribution in [0.5, 0.6) is 17.2 Å². The van der Waals surface area contributed by atoms with Gasteiger partial charge in [-0.1, -0.05) is 25.5 Å². The third kappa shape index (κ3) is 5.67. The molecule has 0 fully saturated rings. The van der Waals surface area contributed by atoms with E-state index in [2.05, 4.69) is 12.2 Å². The number of methoxy groups -OCH3 is 3. The number of hydrogen-bond donors (Lipinski definition) is 1. The summed E-state index contributed by atoms with van der Waals surface area (Å²) in [6.45, 7) is 4.78. The molecule has 0 aliphatic rings. The molecule has 1 atom stereocenters. The van der Waals surface area contributed by atoms with E-state index < -0.39 is 6.04 Å². The van der Waals surface area contributed by atoms with Gasteiger partial charge in [0.05, 0.1) is 38.4 Å². The zero-order chi connectivity index (χ0) is 25.5. The van der Waals surface area contributed by atoms with Gasteiger partial charge in [-0.05, 0) is 37.6 Å². The highest BCUT2D eigenvalue weighted by Gasteiger charge is 2.23. The lowest BCUT2D eigenvalue weighted by atomic mass is 10.1. The predicted octanol–water partition coefficient (Wildman–Crippen LogP) is 3.81. The molecule has 1 N–H and O–H groups in total. The lowest BCUT2D eigenvalue weighted by Gasteiger charge is -2.20. The van der Waals surface area contributed by atoms with Gasteiger partial charge in [0.25, 0.3) is 5.91 Å². The Balaban J connectivity index is 1.90. The molecule has 3 aromatic rings. The van der Waals surface area contributed by atoms with Crippen molar-refractivity contribution in [1.29, 1.82) is 0 Å². The number of nitrogens with one attached hydrogen (secondary N) is 1. The SMILES string of the molecule is CCCCN(C)C(=O)Cn1c(C(C)NC(=O)c2cc(OC)c(OC)c(OC)c2)nc2ccccc21. The van der Waals surface area contributed by atoms with Crippen LogP contribution in [0.1, 0.15) is 48.9 Å². The molecule has 1 aromatic heterocycles. The smallest absolute Gasteiger partial charge is 0.252 e. The minimum absolute atomic E-state index is 0.00833. The van der Waals surface area contributed by atoms with Gasteiger partial charge < -0.3 is 29.0 Å². The Hall–Kier alpha value is -3.75. The molecule has 9 heteroatoms. The molecule has 3 rings (SSSR count). The molecule has 0 aliphatic heterocycles. The number of carbonyl (C=O) groups is 2. The minimum Gasteiger partial charge on any atom is -0.493 e. The predicted molar refractivity (Wildman–Crippen MR) is 134 cm³/mol. The average molecular weight is 483 g/mol. The van der Waals surface area contributed by atoms with Crippen molar-refractivity contribution in [2.24, 2.45) is 0 Å². The van der Waals surface area contributed by atoms with E-state index in [1.165, 1.54) is 21.3 Å². The number of carbonyl (C=O) groups excluding carboxylic acids is 2. The zero-order valence-corrected chi connectivity index (χ0v) is 21.3. The molecule has 2 aromatic carbocycles. The van der Waals surface area contributed by atoms with Crippen LogP contribution in [-0.2, 0) is 11.3 Å². The molecule has 0 bridgehead atoms. The molecular weight excluding hydrogens is 448 g/mol. The van der Waals surface area contributed by atoms with Crippen molar-refractivity contribution in [2.75, 3.05) is 34.9 Å². The second-order valence-corrected chi connectivity index (χ2v) is 8.32. The first kappa shape index (κ1) is 25.9. The first-order valence-electron chi connectivity index (χ1n) is 11.6. The quantitative estimate of drug-likeness (QED) is 0.447. The normalized spacial score (nSPS) is 11.7. The molecule has 1 heterocycles. The van der Waals surface area contributed by atoms with Gasteiger partial charge >= 0.3 is 0 Å². The molecule has 0 saturated carbocycles. The fraction of sp³-hybridized carbons (Fsp3) is 0.423. The highest BCUT2D eigenvalue weighted by molar-refractivity contribution is 5.96. The van der Waals surface area contributed by atoms with E-state index in [0.717, 1.165) is 23.9 Å². The van der Waals surface area contributed by atoms with E-state index in [4.69, 9.17) is 19.2 Å². The van der Waals surface area contributed by atoms with Gasteiger partial charge in [-0.2, -0.15) is 0 Å². The number of nitrogens with zero attached hydrogens (tertiary/aromatic N) is 3. The van der Waals surface area contributed by atoms with Crippen molar-refractivity contribution in [3.05, 3.63) is 47.8 Å². The third-order valence-corrected chi connectivity index (χ3v) is 5.91. The molecule has 0 aliphatic carbocycles. The summed E-state index contributed by atoms with van der Waals surface area (Å²) < 4.78 is 18.0. The van der Waals surface area contributed by atoms with Crippen molar-refractivity contribution in [2.45, 2.75) is 39.3 Å². The molecule has 9 nitrogen and oxygen atoms in total. The topological polar surface area (TPSA) is 94.9 Å². The Bertz CT molecular complexity index is 1160. The standard InChI is InChI=1S/C26H34N4O5/c1-7-8-13-29(3)23(31)16-30-20-12-10-9-11-19(20)28-25(30)17(2)27-26(32)18-14-21(33-4)24(35-6)22(15-18)34-5/h9-12,14-15,17H,7-8,13,16H2,1-6H3,(H,27,32). The van der Waals surface area contributed by atoms with Gasteiger partial charge in [0.2, 0.25) is 11.7 Å². The van der Waals surface area contributed by atoms with Crippen molar-refractivity contribution < 1.29 is 23.8 Å². The van der Waals surface area contributed by atoms with Crippen molar-refractivity contribution in [3.8, 4) is 17.2 Å². The second-order valence-electron chi connectivity index (χ2n) is 8.32. The number of rotatable bonds is 11. The van der Waals surface area contributed by atoms with E-state index in [1.54, 1.807) is 17.0 Å². The number of aromatic nitrogens is 2. The first-order chi connectivity index (χ1) is 16.8. The van der Waals surface area contributed by atoms with E-state index in [9.17, 15) is 9.59 Å². The van der Waals surface area contributed by atoms with E-state index in [0.29, 0.717) is 35.2 Å². The van der Waals surface area contributed by atoms with Crippen LogP contribution in [0.3, 0.4) is 0 Å². The van der Waals surface area contributed by atoms with Crippen molar-refractivity contribution >= 4 is 22.8 Å². The van der Waals surface area contributed by atoms with Crippen LogP contribution in [0.2, 0.25) is 0 Å². The maximum atomic E-state index is 13.2. The third-order valence-electron chi connectivity index (χ3n) is 5.91. The molecular formula is C26H34N4O5. The fourth-order valence-electron chi connectivity index (χ4n) is 3.92. The molecule has 1 unspecified atom stereocenters. The average Bonchev–Trinajstić information content (AvgIpc) is 3.24. The Kier molecular flexibility index (Phi) is 8.57. The molecule has 35 heavy (non-hydrogen) atoms. The van der Waals surface area contributed by atoms with Crippen LogP contribution in [0.25, 0.3) is 11.0 Å². The number of benzene rings is 2. The van der Waals surface area contributed by atoms with E-state index in [-0.39, 0.29) is 18.4 Å². The number of imidazole rings is 1. The monoisotopic (exact) mass is 482 g/mol. The summed E-state index contributed by atoms with van der Waals surface area (Å²) in [6, 6.07) is 10.4. The molecule has 0 saturated heterocycles. The Morgan fingerprint density at radius 2 is 1.74 bits per heavy atom. The number of ether oxygens (including phenoxy) is 3. The van der Waals surface area contributed by atoms with E-state index in [1.807, 2.05) is 42.8 Å². The zero-order valence-electron chi connectivity index (χ0n) is 21.3. The van der Waals surface area contributed by atoms with E-state index >= 15 is 0 Å². The summed E-state index contributed by atoms with van der Waals surface area (Å²) in [5, 5.41) is 2.99. The lowest BCUT2D eigenvalue weighted by molar-refractivity contribution is -0.130. The van der Waals surface area contributed by atoms with Gasteiger partial charge in [0.15, 0.2) is 11.5 Å². The first-order valence-corrected chi connectivity index (χ1v) is 11.6. The summed E-state index contributed by atoms with van der Waals surface area (Å²) in [6.07, 6.45) is 1.96. The minimum atomic E-state index is -0.470. The van der Waals surface area contributed by atoms with Gasteiger partial charge in [-0.3, -0.25) is 9.59 Å². The summed E-state index contributed by atoms with van der Waals surface area (Å²) in [5.41, 5.74) is 1.96. The highest BCUT2D eigenvalue weighted by Crippen LogP contribution is 2.38. The fourth-order valence-corrected chi connectivity index (χ4v) is 3.92. The highest BCUT2D eigenvalue weighted by atomic mass is 16.5. The summed E-state index contributed by atoms with van der Waals surface area (Å²) in [5.74, 6) is 1.44. The van der Waals surface area contributed by atoms with Crippen LogP contribution >= 0.6 is 0 Å². The number of likely N-dealkylation sites (N-methyl/N-ethyl adjacent to an activating group) is 1. The van der Waals surface area contributed by atoms with Gasteiger partial charge in [0, 0.05) is 19.2 Å². The summed E-state index contributed by atoms with van der Waals surface area (Å²) in [7, 11) is 6.32. The number of amides is 2. The van der Waals surface area contributed by atoms with Crippen LogP contribution < -0.4 is 19.5 Å². The Labute approximate surface area is 206 Å². The van der Waals surface area contributed by atoms with Crippen LogP contribution in [-0.4, -0.2) is 61.2 Å². The molecule has 2 amide bonds. The maximum Gasteiger partial charge on any atom is 0.252 e. The summed E-state index contributed by atoms with van der Waals surface area (Å²) in [4.78, 5) is 32.6. The maximum absolute atomic E-state index is 13.2. The molecule has 0 radical (unpaired) electrons. The number of unbranched alkanes of at least 4 members (excludes halogenated alkanes) is 1. The Morgan fingerprint density at radius 3 is 2.34 bits per heavy atom. The van der Waals surface area contributed by atoms with Crippen LogP contribution in [0.4, 0.5) is 0 Å². The summed E-state index contributed by atoms with van der Waals surface area (Å²) >= 11 is 0. The van der Waals surface area contributed by atoms with Crippen molar-refractivity contribution in [1.82, 2.24) is 19.8 Å². The molecule has 0 spiro atoms. The molecule has 188 valence electrons. The second kappa shape index (κ2) is 11.6. The van der Waals surface area contributed by atoms with Gasteiger partial charge in [-0.15, -0.1) is 0 Å². The Morgan fingerprint density at radius 1 is 1.09 bits per heavy atom. The van der Waals surface area contributed by atoms with Gasteiger partial charge in [-0.25, -0.2) is 4.98 Å². The van der Waals surface area contributed by atoms with Gasteiger partial charge in [0.1, 0.15) is 12.4 Å². The lowest BCUT2D eigenvalue weighted by Crippen LogP contribution is -2.33. The number of fused-ring (bicyclic) bond motifs is 1. The largest absolute Gasteiger partial charge is 0.493 e. The number of hydrogen-bond acceptors (Lipinski definition) is 6. The van der Waals surface area contributed by atoms with Crippen molar-refractivity contribution in [3.63, 3.8) is 0 Å². The number of para-hydroxylation sites is 2.